The topological polar surface area (TPSA) is 108 Å². The normalized spacial score (nSPS) is 16.4. The van der Waals surface area contributed by atoms with Crippen LogP contribution in [-0.4, -0.2) is 38.5 Å². The molecule has 3 heterocycles. The molecule has 0 spiro atoms. The number of benzene rings is 3. The number of rotatable bonds is 8. The van der Waals surface area contributed by atoms with Crippen molar-refractivity contribution in [3.8, 4) is 11.3 Å². The van der Waals surface area contributed by atoms with Gasteiger partial charge in [-0.15, -0.1) is 0 Å². The number of thiocarbonyl (C=S) groups is 1. The van der Waals surface area contributed by atoms with Crippen LogP contribution in [0.2, 0.25) is 5.02 Å². The first-order chi connectivity index (χ1) is 20.4. The summed E-state index contributed by atoms with van der Waals surface area (Å²) < 4.78 is 6.30. The van der Waals surface area contributed by atoms with Crippen molar-refractivity contribution in [3.05, 3.63) is 119 Å². The third-order valence-corrected chi connectivity index (χ3v) is 7.92. The van der Waals surface area contributed by atoms with E-state index < -0.39 is 12.0 Å². The van der Waals surface area contributed by atoms with Gasteiger partial charge in [-0.25, -0.2) is 4.79 Å². The number of hydrogen-bond acceptors (Lipinski definition) is 5. The van der Waals surface area contributed by atoms with Gasteiger partial charge in [0, 0.05) is 35.8 Å². The van der Waals surface area contributed by atoms with E-state index >= 15 is 0 Å². The highest BCUT2D eigenvalue weighted by Gasteiger charge is 2.41. The maximum absolute atomic E-state index is 13.1. The van der Waals surface area contributed by atoms with Crippen LogP contribution in [0.4, 0.5) is 5.69 Å². The van der Waals surface area contributed by atoms with E-state index in [0.29, 0.717) is 33.8 Å². The van der Waals surface area contributed by atoms with Gasteiger partial charge < -0.3 is 25.1 Å². The zero-order chi connectivity index (χ0) is 29.2. The van der Waals surface area contributed by atoms with Crippen LogP contribution in [0.3, 0.4) is 0 Å². The highest BCUT2D eigenvalue weighted by atomic mass is 35.5. The molecule has 3 N–H and O–H groups in total. The maximum Gasteiger partial charge on any atom is 0.335 e. The number of furan rings is 1. The SMILES string of the molecule is O=C(CCN1C(=S)N[C@H](c2ccccn2)[C@@H]1c1ccc(-c2cc(C(=O)O)ccc2Cl)o1)Nc1cccc2ccccc12. The number of nitrogens with zero attached hydrogens (tertiary/aromatic N) is 2. The Morgan fingerprint density at radius 1 is 1.02 bits per heavy atom. The molecule has 0 radical (unpaired) electrons. The molecule has 1 saturated heterocycles. The first-order valence-electron chi connectivity index (χ1n) is 13.3. The lowest BCUT2D eigenvalue weighted by Gasteiger charge is -2.26. The van der Waals surface area contributed by atoms with Gasteiger partial charge in [-0.05, 0) is 66.1 Å². The Morgan fingerprint density at radius 2 is 1.83 bits per heavy atom. The van der Waals surface area contributed by atoms with Crippen LogP contribution in [-0.2, 0) is 4.79 Å². The number of pyridine rings is 1. The Balaban J connectivity index is 1.28. The Bertz CT molecular complexity index is 1800. The fourth-order valence-electron chi connectivity index (χ4n) is 5.23. The molecule has 1 aliphatic heterocycles. The van der Waals surface area contributed by atoms with Crippen molar-refractivity contribution in [1.29, 1.82) is 0 Å². The quantitative estimate of drug-likeness (QED) is 0.167. The van der Waals surface area contributed by atoms with Gasteiger partial charge in [0.25, 0.3) is 0 Å². The highest BCUT2D eigenvalue weighted by Crippen LogP contribution is 2.41. The van der Waals surface area contributed by atoms with Crippen LogP contribution in [0.15, 0.2) is 102 Å². The highest BCUT2D eigenvalue weighted by molar-refractivity contribution is 7.80. The van der Waals surface area contributed by atoms with Gasteiger partial charge in [0.05, 0.1) is 22.3 Å². The first-order valence-corrected chi connectivity index (χ1v) is 14.1. The Morgan fingerprint density at radius 3 is 2.64 bits per heavy atom. The van der Waals surface area contributed by atoms with Crippen LogP contribution in [0.1, 0.15) is 40.3 Å². The molecule has 10 heteroatoms. The molecule has 3 aromatic carbocycles. The number of anilines is 1. The second-order valence-corrected chi connectivity index (χ2v) is 10.6. The second kappa shape index (κ2) is 11.6. The van der Waals surface area contributed by atoms with E-state index in [2.05, 4.69) is 15.6 Å². The number of aromatic nitrogens is 1. The van der Waals surface area contributed by atoms with Gasteiger partial charge in [-0.1, -0.05) is 54.1 Å². The van der Waals surface area contributed by atoms with Crippen molar-refractivity contribution in [2.75, 3.05) is 11.9 Å². The van der Waals surface area contributed by atoms with E-state index in [1.165, 1.54) is 18.2 Å². The Kier molecular flexibility index (Phi) is 7.60. The van der Waals surface area contributed by atoms with E-state index in [9.17, 15) is 14.7 Å². The average molecular weight is 597 g/mol. The number of carbonyl (C=O) groups excluding carboxylic acids is 1. The second-order valence-electron chi connectivity index (χ2n) is 9.85. The van der Waals surface area contributed by atoms with E-state index in [-0.39, 0.29) is 23.9 Å². The summed E-state index contributed by atoms with van der Waals surface area (Å²) in [4.78, 5) is 31.1. The molecule has 0 bridgehead atoms. The van der Waals surface area contributed by atoms with Crippen molar-refractivity contribution >= 4 is 57.3 Å². The van der Waals surface area contributed by atoms with Crippen molar-refractivity contribution < 1.29 is 19.1 Å². The minimum Gasteiger partial charge on any atom is -0.478 e. The van der Waals surface area contributed by atoms with E-state index in [4.69, 9.17) is 28.2 Å². The maximum atomic E-state index is 13.1. The lowest BCUT2D eigenvalue weighted by atomic mass is 10.0. The van der Waals surface area contributed by atoms with Crippen LogP contribution in [0.25, 0.3) is 22.1 Å². The molecule has 5 aromatic rings. The number of halogens is 1. The standard InChI is InChI=1S/C32H25ClN4O4S/c33-23-12-11-20(31(39)40)18-22(23)26-13-14-27(41-26)30-29(25-9-3-4-16-34-25)36-32(42)37(30)17-15-28(38)35-24-10-5-7-19-6-1-2-8-21(19)24/h1-14,16,18,29-30H,15,17H2,(H,35,38)(H,36,42)(H,39,40)/t29-,30+/m1/s1. The van der Waals surface area contributed by atoms with E-state index in [1.807, 2.05) is 71.6 Å². The Labute approximate surface area is 251 Å². The number of nitrogens with one attached hydrogen (secondary N) is 2. The third kappa shape index (κ3) is 5.44. The first kappa shape index (κ1) is 27.4. The number of aromatic carboxylic acids is 1. The third-order valence-electron chi connectivity index (χ3n) is 7.24. The van der Waals surface area contributed by atoms with Crippen LogP contribution < -0.4 is 10.6 Å². The number of amides is 1. The summed E-state index contributed by atoms with van der Waals surface area (Å²) in [5.41, 5.74) is 2.07. The summed E-state index contributed by atoms with van der Waals surface area (Å²) in [7, 11) is 0. The minimum absolute atomic E-state index is 0.0984. The smallest absolute Gasteiger partial charge is 0.335 e. The number of hydrogen-bond donors (Lipinski definition) is 3. The summed E-state index contributed by atoms with van der Waals surface area (Å²) >= 11 is 12.2. The van der Waals surface area contributed by atoms with Gasteiger partial charge in [0.1, 0.15) is 17.6 Å². The fourth-order valence-corrected chi connectivity index (χ4v) is 5.77. The Hall–Kier alpha value is -4.73. The molecular weight excluding hydrogens is 572 g/mol. The molecule has 1 fully saturated rings. The summed E-state index contributed by atoms with van der Waals surface area (Å²) in [5, 5.41) is 18.7. The summed E-state index contributed by atoms with van der Waals surface area (Å²) in [6.07, 6.45) is 1.89. The predicted molar refractivity (Wildman–Crippen MR) is 165 cm³/mol. The van der Waals surface area contributed by atoms with Crippen molar-refractivity contribution in [2.45, 2.75) is 18.5 Å². The zero-order valence-corrected chi connectivity index (χ0v) is 23.7. The van der Waals surface area contributed by atoms with Crippen molar-refractivity contribution in [2.24, 2.45) is 0 Å². The summed E-state index contributed by atoms with van der Waals surface area (Å²) in [6, 6.07) is 26.6. The van der Waals surface area contributed by atoms with Gasteiger partial charge >= 0.3 is 5.97 Å². The zero-order valence-electron chi connectivity index (χ0n) is 22.2. The monoisotopic (exact) mass is 596 g/mol. The van der Waals surface area contributed by atoms with Crippen LogP contribution in [0.5, 0.6) is 0 Å². The molecule has 2 aromatic heterocycles. The molecular formula is C32H25ClN4O4S. The number of carbonyl (C=O) groups is 2. The molecule has 0 unspecified atom stereocenters. The number of carboxylic acid groups (broad SMARTS) is 1. The largest absolute Gasteiger partial charge is 0.478 e. The summed E-state index contributed by atoms with van der Waals surface area (Å²) in [5.74, 6) is -0.219. The lowest BCUT2D eigenvalue weighted by molar-refractivity contribution is -0.116. The molecule has 0 saturated carbocycles. The van der Waals surface area contributed by atoms with Crippen molar-refractivity contribution in [3.63, 3.8) is 0 Å². The molecule has 6 rings (SSSR count). The predicted octanol–water partition coefficient (Wildman–Crippen LogP) is 6.85. The molecule has 210 valence electrons. The van der Waals surface area contributed by atoms with E-state index in [0.717, 1.165) is 22.2 Å². The molecule has 42 heavy (non-hydrogen) atoms. The molecule has 0 aliphatic carbocycles. The van der Waals surface area contributed by atoms with Gasteiger partial charge in [0.2, 0.25) is 5.91 Å². The number of carboxylic acids is 1. The lowest BCUT2D eigenvalue weighted by Crippen LogP contribution is -2.32. The van der Waals surface area contributed by atoms with Crippen LogP contribution in [0, 0.1) is 0 Å². The molecule has 1 amide bonds. The number of fused-ring (bicyclic) bond motifs is 1. The van der Waals surface area contributed by atoms with Gasteiger partial charge in [0.15, 0.2) is 5.11 Å². The van der Waals surface area contributed by atoms with Gasteiger partial charge in [-0.3, -0.25) is 9.78 Å². The van der Waals surface area contributed by atoms with Crippen molar-refractivity contribution in [1.82, 2.24) is 15.2 Å². The average Bonchev–Trinajstić information content (AvgIpc) is 3.61. The van der Waals surface area contributed by atoms with Crippen LogP contribution >= 0.6 is 23.8 Å². The minimum atomic E-state index is -1.06. The fraction of sp³-hybridized carbons (Fsp3) is 0.125. The molecule has 2 atom stereocenters. The molecule has 8 nitrogen and oxygen atoms in total. The van der Waals surface area contributed by atoms with E-state index in [1.54, 1.807) is 12.3 Å². The van der Waals surface area contributed by atoms with Gasteiger partial charge in [-0.2, -0.15) is 0 Å². The summed E-state index contributed by atoms with van der Waals surface area (Å²) in [6.45, 7) is 0.321. The molecule has 1 aliphatic rings.